The Morgan fingerprint density at radius 2 is 1.67 bits per heavy atom. The van der Waals surface area contributed by atoms with Gasteiger partial charge < -0.3 is 14.8 Å². The number of carbonyl (C=O) groups is 1. The Morgan fingerprint density at radius 1 is 0.939 bits per heavy atom. The van der Waals surface area contributed by atoms with E-state index in [1.165, 1.54) is 0 Å². The summed E-state index contributed by atoms with van der Waals surface area (Å²) in [5.74, 6) is 1.06. The first-order valence-corrected chi connectivity index (χ1v) is 10.3. The van der Waals surface area contributed by atoms with Crippen LogP contribution in [0, 0.1) is 18.3 Å². The topological polar surface area (TPSA) is 84.2 Å². The second-order valence-electron chi connectivity index (χ2n) is 7.26. The Hall–Kier alpha value is -4.63. The van der Waals surface area contributed by atoms with Gasteiger partial charge in [0.15, 0.2) is 0 Å². The quantitative estimate of drug-likeness (QED) is 0.396. The Morgan fingerprint density at radius 3 is 2.36 bits per heavy atom. The number of nitrogens with zero attached hydrogens (tertiary/aromatic N) is 2. The van der Waals surface area contributed by atoms with Crippen LogP contribution in [-0.2, 0) is 4.79 Å². The van der Waals surface area contributed by atoms with E-state index in [-0.39, 0.29) is 11.8 Å². The molecule has 1 aromatic heterocycles. The fraction of sp³-hybridized carbons (Fsp3) is 0.0741. The summed E-state index contributed by atoms with van der Waals surface area (Å²) in [5.41, 5.74) is 2.51. The number of carbonyl (C=O) groups excluding carboxylic acids is 1. The van der Waals surface area contributed by atoms with Crippen molar-refractivity contribution in [2.75, 3.05) is 5.32 Å². The molecule has 3 aromatic carbocycles. The fourth-order valence-corrected chi connectivity index (χ4v) is 3.24. The van der Waals surface area contributed by atoms with Crippen LogP contribution in [0.3, 0.4) is 0 Å². The van der Waals surface area contributed by atoms with Gasteiger partial charge in [-0.05, 0) is 55.0 Å². The van der Waals surface area contributed by atoms with E-state index in [0.29, 0.717) is 22.7 Å². The third-order valence-electron chi connectivity index (χ3n) is 4.90. The molecule has 0 fully saturated rings. The second kappa shape index (κ2) is 10.1. The average Bonchev–Trinajstić information content (AvgIpc) is 2.85. The van der Waals surface area contributed by atoms with Crippen molar-refractivity contribution in [2.24, 2.45) is 0 Å². The molecule has 4 aromatic rings. The van der Waals surface area contributed by atoms with Crippen molar-refractivity contribution in [3.05, 3.63) is 114 Å². The van der Waals surface area contributed by atoms with Gasteiger partial charge in [-0.15, -0.1) is 0 Å². The van der Waals surface area contributed by atoms with Crippen LogP contribution in [0.1, 0.15) is 22.8 Å². The van der Waals surface area contributed by atoms with Crippen LogP contribution < -0.4 is 14.8 Å². The van der Waals surface area contributed by atoms with Gasteiger partial charge in [-0.3, -0.25) is 4.79 Å². The minimum atomic E-state index is -0.823. The SMILES string of the molecule is Cc1cc(Oc2ncccc2C#N)ccc1NC(=O)C(Oc1ccccc1)c1ccccc1. The lowest BCUT2D eigenvalue weighted by molar-refractivity contribution is -0.123. The molecule has 162 valence electrons. The highest BCUT2D eigenvalue weighted by molar-refractivity contribution is 5.95. The molecule has 0 radical (unpaired) electrons. The number of nitrogens with one attached hydrogen (secondary N) is 1. The molecular formula is C27H21N3O3. The number of anilines is 1. The molecular weight excluding hydrogens is 414 g/mol. The molecule has 0 aliphatic heterocycles. The number of rotatable bonds is 7. The monoisotopic (exact) mass is 435 g/mol. The van der Waals surface area contributed by atoms with Gasteiger partial charge >= 0.3 is 0 Å². The largest absolute Gasteiger partial charge is 0.476 e. The predicted molar refractivity (Wildman–Crippen MR) is 125 cm³/mol. The minimum Gasteiger partial charge on any atom is -0.476 e. The van der Waals surface area contributed by atoms with Gasteiger partial charge in [-0.2, -0.15) is 5.26 Å². The van der Waals surface area contributed by atoms with E-state index < -0.39 is 6.10 Å². The molecule has 1 amide bonds. The number of amides is 1. The molecule has 0 aliphatic rings. The molecule has 33 heavy (non-hydrogen) atoms. The van der Waals surface area contributed by atoms with Gasteiger partial charge in [-0.1, -0.05) is 48.5 Å². The maximum atomic E-state index is 13.2. The fourth-order valence-electron chi connectivity index (χ4n) is 3.24. The number of nitriles is 1. The van der Waals surface area contributed by atoms with Crippen molar-refractivity contribution in [1.82, 2.24) is 4.98 Å². The number of ether oxygens (including phenoxy) is 2. The van der Waals surface area contributed by atoms with Crippen LogP contribution >= 0.6 is 0 Å². The zero-order valence-electron chi connectivity index (χ0n) is 17.9. The summed E-state index contributed by atoms with van der Waals surface area (Å²) < 4.78 is 11.8. The van der Waals surface area contributed by atoms with Gasteiger partial charge in [0.25, 0.3) is 5.91 Å². The zero-order valence-corrected chi connectivity index (χ0v) is 17.9. The summed E-state index contributed by atoms with van der Waals surface area (Å²) in [6, 6.07) is 29.2. The maximum absolute atomic E-state index is 13.2. The number of benzene rings is 3. The summed E-state index contributed by atoms with van der Waals surface area (Å²) >= 11 is 0. The maximum Gasteiger partial charge on any atom is 0.270 e. The number of para-hydroxylation sites is 1. The van der Waals surface area contributed by atoms with Crippen LogP contribution in [-0.4, -0.2) is 10.9 Å². The predicted octanol–water partition coefficient (Wildman–Crippen LogP) is 5.81. The van der Waals surface area contributed by atoms with Crippen molar-refractivity contribution in [3.63, 3.8) is 0 Å². The number of aromatic nitrogens is 1. The molecule has 0 saturated carbocycles. The molecule has 0 spiro atoms. The smallest absolute Gasteiger partial charge is 0.270 e. The van der Waals surface area contributed by atoms with Gasteiger partial charge in [0.2, 0.25) is 12.0 Å². The van der Waals surface area contributed by atoms with E-state index in [9.17, 15) is 10.1 Å². The molecule has 6 nitrogen and oxygen atoms in total. The van der Waals surface area contributed by atoms with Gasteiger partial charge in [-0.25, -0.2) is 4.98 Å². The summed E-state index contributed by atoms with van der Waals surface area (Å²) in [4.78, 5) is 17.3. The first-order chi connectivity index (χ1) is 16.1. The zero-order chi connectivity index (χ0) is 23.0. The van der Waals surface area contributed by atoms with Crippen LogP contribution in [0.15, 0.2) is 97.2 Å². The average molecular weight is 435 g/mol. The van der Waals surface area contributed by atoms with Crippen LogP contribution in [0.2, 0.25) is 0 Å². The molecule has 0 saturated heterocycles. The van der Waals surface area contributed by atoms with Gasteiger partial charge in [0.1, 0.15) is 23.1 Å². The Balaban J connectivity index is 1.54. The Kier molecular flexibility index (Phi) is 6.62. The molecule has 4 rings (SSSR count). The van der Waals surface area contributed by atoms with Crippen molar-refractivity contribution in [2.45, 2.75) is 13.0 Å². The number of pyridine rings is 1. The van der Waals surface area contributed by atoms with Crippen LogP contribution in [0.4, 0.5) is 5.69 Å². The highest BCUT2D eigenvalue weighted by Crippen LogP contribution is 2.28. The molecule has 6 heteroatoms. The lowest BCUT2D eigenvalue weighted by Crippen LogP contribution is -2.26. The summed E-state index contributed by atoms with van der Waals surface area (Å²) in [7, 11) is 0. The summed E-state index contributed by atoms with van der Waals surface area (Å²) in [6.45, 7) is 1.86. The van der Waals surface area contributed by atoms with E-state index in [4.69, 9.17) is 9.47 Å². The first kappa shape index (κ1) is 21.6. The molecule has 1 heterocycles. The molecule has 0 bridgehead atoms. The number of hydrogen-bond donors (Lipinski definition) is 1. The molecule has 1 atom stereocenters. The third-order valence-corrected chi connectivity index (χ3v) is 4.90. The highest BCUT2D eigenvalue weighted by atomic mass is 16.5. The van der Waals surface area contributed by atoms with Crippen molar-refractivity contribution in [1.29, 1.82) is 5.26 Å². The van der Waals surface area contributed by atoms with Crippen molar-refractivity contribution >= 4 is 11.6 Å². The molecule has 1 N–H and O–H groups in total. The number of aryl methyl sites for hydroxylation is 1. The van der Waals surface area contributed by atoms with E-state index in [1.807, 2.05) is 67.6 Å². The Bertz CT molecular complexity index is 1290. The lowest BCUT2D eigenvalue weighted by atomic mass is 10.1. The normalized spacial score (nSPS) is 11.2. The van der Waals surface area contributed by atoms with E-state index >= 15 is 0 Å². The standard InChI is InChI=1S/C27H21N3O3/c1-19-17-23(33-27-21(18-28)11-8-16-29-27)14-15-24(19)30-26(31)25(20-9-4-2-5-10-20)32-22-12-6-3-7-13-22/h2-17,25H,1H3,(H,30,31). The first-order valence-electron chi connectivity index (χ1n) is 10.3. The van der Waals surface area contributed by atoms with Gasteiger partial charge in [0, 0.05) is 17.4 Å². The van der Waals surface area contributed by atoms with Crippen molar-refractivity contribution in [3.8, 4) is 23.4 Å². The lowest BCUT2D eigenvalue weighted by Gasteiger charge is -2.20. The van der Waals surface area contributed by atoms with Crippen LogP contribution in [0.5, 0.6) is 17.4 Å². The minimum absolute atomic E-state index is 0.233. The van der Waals surface area contributed by atoms with Crippen LogP contribution in [0.25, 0.3) is 0 Å². The van der Waals surface area contributed by atoms with Crippen molar-refractivity contribution < 1.29 is 14.3 Å². The highest BCUT2D eigenvalue weighted by Gasteiger charge is 2.23. The molecule has 0 aliphatic carbocycles. The van der Waals surface area contributed by atoms with E-state index in [2.05, 4.69) is 16.4 Å². The van der Waals surface area contributed by atoms with E-state index in [0.717, 1.165) is 11.1 Å². The Labute approximate surface area is 192 Å². The summed E-state index contributed by atoms with van der Waals surface area (Å²) in [5, 5.41) is 12.2. The summed E-state index contributed by atoms with van der Waals surface area (Å²) in [6.07, 6.45) is 0.740. The number of hydrogen-bond acceptors (Lipinski definition) is 5. The molecule has 1 unspecified atom stereocenters. The van der Waals surface area contributed by atoms with Gasteiger partial charge in [0.05, 0.1) is 0 Å². The second-order valence-corrected chi connectivity index (χ2v) is 7.26. The van der Waals surface area contributed by atoms with E-state index in [1.54, 1.807) is 36.5 Å². The third kappa shape index (κ3) is 5.35.